The fraction of sp³-hybridized carbons (Fsp3) is 0.600. The Hall–Kier alpha value is -0.530. The lowest BCUT2D eigenvalue weighted by atomic mass is 9.91. The van der Waals surface area contributed by atoms with Gasteiger partial charge in [0.05, 0.1) is 0 Å². The minimum atomic E-state index is 0. The lowest BCUT2D eigenvalue weighted by Crippen LogP contribution is -2.13. The first-order valence-electron chi connectivity index (χ1n) is 6.60. The van der Waals surface area contributed by atoms with E-state index in [1.165, 1.54) is 29.5 Å². The summed E-state index contributed by atoms with van der Waals surface area (Å²) in [5.74, 6) is 0. The van der Waals surface area contributed by atoms with Gasteiger partial charge in [0.25, 0.3) is 0 Å². The summed E-state index contributed by atoms with van der Waals surface area (Å²) in [6, 6.07) is 6.81. The number of unbranched alkanes of at least 4 members (excludes halogenated alkanes) is 1. The van der Waals surface area contributed by atoms with Gasteiger partial charge in [-0.15, -0.1) is 12.4 Å². The van der Waals surface area contributed by atoms with Crippen LogP contribution in [0.1, 0.15) is 62.8 Å². The molecule has 0 fully saturated rings. The molecule has 17 heavy (non-hydrogen) atoms. The van der Waals surface area contributed by atoms with Crippen LogP contribution in [-0.4, -0.2) is 0 Å². The predicted octanol–water partition coefficient (Wildman–Crippen LogP) is 4.42. The fourth-order valence-corrected chi connectivity index (χ4v) is 2.34. The molecule has 98 valence electrons. The molecule has 1 aromatic rings. The van der Waals surface area contributed by atoms with Crippen molar-refractivity contribution in [2.75, 3.05) is 0 Å². The zero-order chi connectivity index (χ0) is 12.0. The van der Waals surface area contributed by atoms with Crippen LogP contribution in [0.15, 0.2) is 18.2 Å². The predicted molar refractivity (Wildman–Crippen MR) is 78.9 cm³/mol. The highest BCUT2D eigenvalue weighted by Crippen LogP contribution is 2.24. The SMILES string of the molecule is CCCCC(N)c1cccc(CC)c1CC.Cl. The summed E-state index contributed by atoms with van der Waals surface area (Å²) in [6.07, 6.45) is 5.76. The fourth-order valence-electron chi connectivity index (χ4n) is 2.34. The monoisotopic (exact) mass is 255 g/mol. The second-order valence-corrected chi connectivity index (χ2v) is 4.44. The van der Waals surface area contributed by atoms with Crippen molar-refractivity contribution < 1.29 is 0 Å². The van der Waals surface area contributed by atoms with E-state index in [2.05, 4.69) is 39.0 Å². The molecule has 0 aliphatic heterocycles. The molecule has 1 rings (SSSR count). The van der Waals surface area contributed by atoms with Gasteiger partial charge in [0, 0.05) is 6.04 Å². The number of hydrogen-bond donors (Lipinski definition) is 1. The van der Waals surface area contributed by atoms with E-state index < -0.39 is 0 Å². The van der Waals surface area contributed by atoms with Crippen LogP contribution in [0.4, 0.5) is 0 Å². The highest BCUT2D eigenvalue weighted by atomic mass is 35.5. The maximum absolute atomic E-state index is 6.28. The number of benzene rings is 1. The van der Waals surface area contributed by atoms with Gasteiger partial charge in [-0.25, -0.2) is 0 Å². The largest absolute Gasteiger partial charge is 0.324 e. The Balaban J connectivity index is 0.00000256. The molecule has 0 bridgehead atoms. The van der Waals surface area contributed by atoms with Gasteiger partial charge in [-0.2, -0.15) is 0 Å². The Morgan fingerprint density at radius 1 is 1.12 bits per heavy atom. The molecule has 0 aromatic heterocycles. The van der Waals surface area contributed by atoms with Crippen molar-refractivity contribution in [2.24, 2.45) is 5.73 Å². The summed E-state index contributed by atoms with van der Waals surface area (Å²) < 4.78 is 0. The van der Waals surface area contributed by atoms with Crippen LogP contribution in [0.3, 0.4) is 0 Å². The van der Waals surface area contributed by atoms with Gasteiger partial charge in [0.15, 0.2) is 0 Å². The molecular weight excluding hydrogens is 230 g/mol. The lowest BCUT2D eigenvalue weighted by molar-refractivity contribution is 0.598. The van der Waals surface area contributed by atoms with Crippen molar-refractivity contribution in [3.05, 3.63) is 34.9 Å². The summed E-state index contributed by atoms with van der Waals surface area (Å²) in [6.45, 7) is 6.66. The zero-order valence-electron chi connectivity index (χ0n) is 11.3. The minimum absolute atomic E-state index is 0. The number of nitrogens with two attached hydrogens (primary N) is 1. The standard InChI is InChI=1S/C15H25N.ClH/c1-4-7-11-15(16)14-10-8-9-12(5-2)13(14)6-3;/h8-10,15H,4-7,11,16H2,1-3H3;1H. The van der Waals surface area contributed by atoms with Crippen LogP contribution in [0.25, 0.3) is 0 Å². The molecule has 0 saturated carbocycles. The molecule has 0 amide bonds. The average Bonchev–Trinajstić information content (AvgIpc) is 2.34. The third-order valence-corrected chi connectivity index (χ3v) is 3.31. The Morgan fingerprint density at radius 3 is 2.35 bits per heavy atom. The number of aryl methyl sites for hydroxylation is 1. The molecule has 2 N–H and O–H groups in total. The number of halogens is 1. The first-order valence-corrected chi connectivity index (χ1v) is 6.60. The molecule has 1 unspecified atom stereocenters. The molecule has 0 aliphatic rings. The molecular formula is C15H26ClN. The maximum Gasteiger partial charge on any atom is 0.0297 e. The Labute approximate surface area is 112 Å². The van der Waals surface area contributed by atoms with Gasteiger partial charge >= 0.3 is 0 Å². The van der Waals surface area contributed by atoms with E-state index in [-0.39, 0.29) is 18.4 Å². The van der Waals surface area contributed by atoms with Crippen molar-refractivity contribution in [3.63, 3.8) is 0 Å². The molecule has 2 heteroatoms. The van der Waals surface area contributed by atoms with Crippen molar-refractivity contribution >= 4 is 12.4 Å². The third-order valence-electron chi connectivity index (χ3n) is 3.31. The maximum atomic E-state index is 6.28. The Bertz CT molecular complexity index is 323. The van der Waals surface area contributed by atoms with Gasteiger partial charge in [-0.05, 0) is 36.0 Å². The van der Waals surface area contributed by atoms with Crippen molar-refractivity contribution in [2.45, 2.75) is 58.9 Å². The van der Waals surface area contributed by atoms with Crippen molar-refractivity contribution in [1.82, 2.24) is 0 Å². The first kappa shape index (κ1) is 16.5. The van der Waals surface area contributed by atoms with Gasteiger partial charge in [-0.1, -0.05) is 51.8 Å². The van der Waals surface area contributed by atoms with Gasteiger partial charge in [-0.3, -0.25) is 0 Å². The van der Waals surface area contributed by atoms with Crippen LogP contribution in [0.2, 0.25) is 0 Å². The summed E-state index contributed by atoms with van der Waals surface area (Å²) >= 11 is 0. The molecule has 0 radical (unpaired) electrons. The van der Waals surface area contributed by atoms with E-state index in [1.807, 2.05) is 0 Å². The Morgan fingerprint density at radius 2 is 1.82 bits per heavy atom. The zero-order valence-corrected chi connectivity index (χ0v) is 12.1. The van der Waals surface area contributed by atoms with Gasteiger partial charge < -0.3 is 5.73 Å². The molecule has 0 aliphatic carbocycles. The topological polar surface area (TPSA) is 26.0 Å². The van der Waals surface area contributed by atoms with E-state index in [0.717, 1.165) is 19.3 Å². The summed E-state index contributed by atoms with van der Waals surface area (Å²) in [5, 5.41) is 0. The molecule has 1 nitrogen and oxygen atoms in total. The molecule has 0 saturated heterocycles. The molecule has 1 atom stereocenters. The van der Waals surface area contributed by atoms with E-state index in [0.29, 0.717) is 0 Å². The number of rotatable bonds is 6. The van der Waals surface area contributed by atoms with E-state index in [4.69, 9.17) is 5.73 Å². The molecule has 0 heterocycles. The van der Waals surface area contributed by atoms with E-state index in [1.54, 1.807) is 0 Å². The van der Waals surface area contributed by atoms with Crippen LogP contribution in [0, 0.1) is 0 Å². The van der Waals surface area contributed by atoms with Crippen LogP contribution in [0.5, 0.6) is 0 Å². The van der Waals surface area contributed by atoms with Crippen LogP contribution < -0.4 is 5.73 Å². The second-order valence-electron chi connectivity index (χ2n) is 4.44. The van der Waals surface area contributed by atoms with Crippen molar-refractivity contribution in [1.29, 1.82) is 0 Å². The highest BCUT2D eigenvalue weighted by Gasteiger charge is 2.11. The second kappa shape index (κ2) is 8.54. The Kier molecular flexibility index (Phi) is 8.28. The summed E-state index contributed by atoms with van der Waals surface area (Å²) in [4.78, 5) is 0. The van der Waals surface area contributed by atoms with Crippen molar-refractivity contribution in [3.8, 4) is 0 Å². The lowest BCUT2D eigenvalue weighted by Gasteiger charge is -2.18. The third kappa shape index (κ3) is 4.33. The van der Waals surface area contributed by atoms with Gasteiger partial charge in [0.2, 0.25) is 0 Å². The normalized spacial score (nSPS) is 12.0. The minimum Gasteiger partial charge on any atom is -0.324 e. The first-order chi connectivity index (χ1) is 7.74. The van der Waals surface area contributed by atoms with E-state index >= 15 is 0 Å². The quantitative estimate of drug-likeness (QED) is 0.800. The van der Waals surface area contributed by atoms with E-state index in [9.17, 15) is 0 Å². The highest BCUT2D eigenvalue weighted by molar-refractivity contribution is 5.85. The average molecular weight is 256 g/mol. The summed E-state index contributed by atoms with van der Waals surface area (Å²) in [5.41, 5.74) is 10.6. The molecule has 1 aromatic carbocycles. The van der Waals surface area contributed by atoms with Gasteiger partial charge in [0.1, 0.15) is 0 Å². The van der Waals surface area contributed by atoms with Crippen LogP contribution >= 0.6 is 12.4 Å². The number of hydrogen-bond acceptors (Lipinski definition) is 1. The summed E-state index contributed by atoms with van der Waals surface area (Å²) in [7, 11) is 0. The van der Waals surface area contributed by atoms with Crippen LogP contribution in [-0.2, 0) is 12.8 Å². The smallest absolute Gasteiger partial charge is 0.0297 e. The molecule has 0 spiro atoms.